The number of hydrogen-bond donors (Lipinski definition) is 4. The van der Waals surface area contributed by atoms with Gasteiger partial charge in [-0.1, -0.05) is 121 Å². The number of aliphatic hydroxyl groups is 2. The van der Waals surface area contributed by atoms with Gasteiger partial charge in [-0.15, -0.1) is 0 Å². The minimum atomic E-state index is -4.38. The molecule has 0 radical (unpaired) electrons. The van der Waals surface area contributed by atoms with Crippen LogP contribution in [0.3, 0.4) is 0 Å². The number of benzene rings is 7. The van der Waals surface area contributed by atoms with Gasteiger partial charge in [-0.25, -0.2) is 4.39 Å². The van der Waals surface area contributed by atoms with E-state index in [1.165, 1.54) is 93.3 Å². The Morgan fingerprint density at radius 1 is 0.446 bits per heavy atom. The van der Waals surface area contributed by atoms with E-state index in [0.717, 1.165) is 187 Å². The number of piperidine rings is 4. The van der Waals surface area contributed by atoms with Crippen LogP contribution in [0, 0.1) is 11.7 Å². The molecule has 4 saturated carbocycles. The average molecular weight is 1670 g/mol. The first-order valence-electron chi connectivity index (χ1n) is 38.5. The largest absolute Gasteiger partial charge is 1.00 e. The molecule has 0 spiro atoms. The zero-order valence-electron chi connectivity index (χ0n) is 62.5. The van der Waals surface area contributed by atoms with E-state index in [1.54, 1.807) is 12.1 Å². The van der Waals surface area contributed by atoms with Crippen LogP contribution in [-0.2, 0) is 49.8 Å². The Morgan fingerprint density at radius 2 is 0.804 bits per heavy atom. The zero-order chi connectivity index (χ0) is 79.6. The number of aliphatic hydroxyl groups excluding tert-OH is 2. The topological polar surface area (TPSA) is 140 Å². The molecule has 7 aromatic rings. The fourth-order valence-corrected chi connectivity index (χ4v) is 16.7. The zero-order valence-corrected chi connectivity index (χ0v) is 66.2. The summed E-state index contributed by atoms with van der Waals surface area (Å²) in [5.74, 6) is 0.388. The number of nitrogens with two attached hydrogens (primary N) is 1. The maximum Gasteiger partial charge on any atom is 0.416 e. The lowest BCUT2D eigenvalue weighted by molar-refractivity contribution is -0.669. The van der Waals surface area contributed by atoms with Crippen molar-refractivity contribution in [3.63, 3.8) is 0 Å². The molecule has 8 aliphatic rings. The molecule has 4 aliphatic heterocycles. The van der Waals surface area contributed by atoms with Crippen LogP contribution in [-0.4, -0.2) is 132 Å². The van der Waals surface area contributed by atoms with E-state index in [9.17, 15) is 63.7 Å². The molecule has 4 aliphatic carbocycles. The van der Waals surface area contributed by atoms with Gasteiger partial charge in [0.25, 0.3) is 0 Å². The third-order valence-corrected chi connectivity index (χ3v) is 24.1. The van der Waals surface area contributed by atoms with Crippen molar-refractivity contribution in [3.8, 4) is 11.5 Å². The van der Waals surface area contributed by atoms with E-state index in [4.69, 9.17) is 61.0 Å². The number of rotatable bonds is 15. The van der Waals surface area contributed by atoms with Crippen molar-refractivity contribution < 1.29 is 96.0 Å². The van der Waals surface area contributed by atoms with Crippen molar-refractivity contribution in [2.24, 2.45) is 5.92 Å². The van der Waals surface area contributed by atoms with Crippen LogP contribution in [0.1, 0.15) is 167 Å². The van der Waals surface area contributed by atoms with Crippen LogP contribution in [0.15, 0.2) is 170 Å². The second-order valence-electron chi connectivity index (χ2n) is 30.8. The van der Waals surface area contributed by atoms with Gasteiger partial charge in [0, 0.05) is 76.1 Å². The molecule has 4 unspecified atom stereocenters. The molecular weight excluding hydrogens is 1570 g/mol. The van der Waals surface area contributed by atoms with Gasteiger partial charge in [0.2, 0.25) is 5.91 Å². The number of carbonyl (C=O) groups excluding carboxylic acids is 1. The van der Waals surface area contributed by atoms with Crippen molar-refractivity contribution in [1.82, 2.24) is 14.7 Å². The van der Waals surface area contributed by atoms with Gasteiger partial charge < -0.3 is 47.4 Å². The van der Waals surface area contributed by atoms with E-state index in [0.29, 0.717) is 52.7 Å². The molecule has 5 N–H and O–H groups in total. The fourth-order valence-electron chi connectivity index (χ4n) is 16.2. The van der Waals surface area contributed by atoms with Crippen molar-refractivity contribution in [1.29, 1.82) is 0 Å². The summed E-state index contributed by atoms with van der Waals surface area (Å²) in [6.07, 6.45) is 7.28. The predicted molar refractivity (Wildman–Crippen MR) is 413 cm³/mol. The molecule has 112 heavy (non-hydrogen) atoms. The molecule has 15 rings (SSSR count). The van der Waals surface area contributed by atoms with Crippen molar-refractivity contribution in [2.75, 3.05) is 72.1 Å². The molecule has 4 heterocycles. The third-order valence-electron chi connectivity index (χ3n) is 23.1. The molecule has 4 atom stereocenters. The molecule has 11 nitrogen and oxygen atoms in total. The Hall–Kier alpha value is -6.37. The third kappa shape index (κ3) is 24.4. The van der Waals surface area contributed by atoms with Gasteiger partial charge in [0.15, 0.2) is 0 Å². The highest BCUT2D eigenvalue weighted by molar-refractivity contribution is 6.31. The van der Waals surface area contributed by atoms with Crippen molar-refractivity contribution >= 4 is 58.3 Å². The van der Waals surface area contributed by atoms with Gasteiger partial charge >= 0.3 is 24.5 Å². The number of nitrogens with zero attached hydrogens (tertiary/aromatic N) is 3. The van der Waals surface area contributed by atoms with Crippen LogP contribution in [0.25, 0.3) is 0 Å². The molecule has 0 aromatic heterocycles. The number of carboxylic acid groups (broad SMARTS) is 1. The van der Waals surface area contributed by atoms with Gasteiger partial charge in [0.1, 0.15) is 29.5 Å². The molecule has 8 fully saturated rings. The second kappa shape index (κ2) is 40.5. The quantitative estimate of drug-likeness (QED) is 0.0739. The van der Waals surface area contributed by atoms with E-state index >= 15 is 0 Å². The van der Waals surface area contributed by atoms with Gasteiger partial charge in [-0.05, 0) is 259 Å². The number of hydrogen-bond acceptors (Lipinski definition) is 8. The van der Waals surface area contributed by atoms with Crippen LogP contribution < -0.4 is 27.2 Å². The summed E-state index contributed by atoms with van der Waals surface area (Å²) in [4.78, 5) is 30.8. The smallest absolute Gasteiger partial charge is 0.416 e. The lowest BCUT2D eigenvalue weighted by Gasteiger charge is -2.47. The number of quaternary nitrogens is 1. The first-order valence-corrected chi connectivity index (χ1v) is 40.0. The number of ether oxygens (including phenoxy) is 2. The maximum absolute atomic E-state index is 12.9. The number of carboxylic acids is 1. The number of β-amino-alcohol motifs (C(OH)–C–C–N with tert-alkyl or cyclic N) is 1. The number of carbonyl (C=O) groups is 2. The Balaban J connectivity index is 0.000000162. The second-order valence-corrected chi connectivity index (χ2v) is 32.6. The van der Waals surface area contributed by atoms with E-state index in [-0.39, 0.29) is 52.9 Å². The summed E-state index contributed by atoms with van der Waals surface area (Å²) in [5, 5.41) is 32.8. The molecule has 26 heteroatoms. The summed E-state index contributed by atoms with van der Waals surface area (Å²) < 4.78 is 136. The summed E-state index contributed by atoms with van der Waals surface area (Å²) in [5.41, 5.74) is 1.86. The summed E-state index contributed by atoms with van der Waals surface area (Å²) in [6.45, 7) is 9.67. The lowest BCUT2D eigenvalue weighted by Crippen LogP contribution is -3.00. The van der Waals surface area contributed by atoms with Crippen LogP contribution in [0.5, 0.6) is 11.5 Å². The summed E-state index contributed by atoms with van der Waals surface area (Å²) >= 11 is 23.8. The van der Waals surface area contributed by atoms with Crippen molar-refractivity contribution in [3.05, 3.63) is 235 Å². The standard InChI is InChI=1S/2C23H25ClF3NO.C16H20ClNO2.C11H11ClO2.C7H4F4.C6H13NO.ClH/c2*24-19-8-4-17(5-9-19)22(12-2-13-22)16-28-14-1-3-21(15-28)29-20-10-6-18(7-11-20)23(25,26)27;17-13-6-4-12(5-7-13)16(8-2-9-16)15(20)18-10-1-3-14(19)11-18;12-9-4-2-8(3-5-9)11(10(13)14)6-1-7-11;8-6-3-1-5(2-4-6)7(9,10)11;8-5-6-2-1-3-7-4-6;/h2*4-11,21H,1-3,12-16H2;4-7,14,19H,1-3,8-11H2;2-5H,1,6-7H2,(H,13,14);1-4H;6-8H,1-5H2;1H. The molecular formula is C86H99Cl5F10N4O7. The van der Waals surface area contributed by atoms with Gasteiger partial charge in [-0.3, -0.25) is 19.4 Å². The summed E-state index contributed by atoms with van der Waals surface area (Å²) in [6, 6.07) is 44.2. The molecule has 7 aromatic carbocycles. The molecule has 0 bridgehead atoms. The van der Waals surface area contributed by atoms with E-state index in [2.05, 4.69) is 39.4 Å². The molecule has 4 saturated heterocycles. The number of amides is 1. The van der Waals surface area contributed by atoms with Crippen LogP contribution in [0.2, 0.25) is 20.1 Å². The van der Waals surface area contributed by atoms with Crippen molar-refractivity contribution in [2.45, 2.75) is 187 Å². The molecule has 1 amide bonds. The SMILES string of the molecule is FC(F)(F)c1ccc(OC2CCCN(CC3(c4ccc(Cl)cc4)CCC3)C2)cc1.FC(F)(F)c1ccc(OC2CCCN(CC3(c4ccc(Cl)cc4)CCC3)C2)cc1.Fc1ccc(C(F)(F)F)cc1.O=C(N1CCCC(O)C1)C1(c2ccc(Cl)cc2)CCC1.O=C(O)C1(c2ccc(Cl)cc2)CCC1.OCC1CCC[NH2+]C1.[Cl-]. The minimum absolute atomic E-state index is 0. The Bertz CT molecular complexity index is 3890. The fraction of sp³-hybridized carbons (Fsp3) is 0.488. The normalized spacial score (nSPS) is 21.6. The van der Waals surface area contributed by atoms with Gasteiger partial charge in [-0.2, -0.15) is 39.5 Å². The lowest BCUT2D eigenvalue weighted by atomic mass is 9.63. The highest BCUT2D eigenvalue weighted by Gasteiger charge is 2.49. The number of halogens is 15. The first kappa shape index (κ1) is 89.6. The number of aliphatic carboxylic acids is 1. The number of alkyl halides is 9. The number of likely N-dealkylation sites (tertiary alicyclic amines) is 3. The monoisotopic (exact) mass is 1660 g/mol. The Labute approximate surface area is 676 Å². The predicted octanol–water partition coefficient (Wildman–Crippen LogP) is 17.0. The highest BCUT2D eigenvalue weighted by atomic mass is 35.5. The summed E-state index contributed by atoms with van der Waals surface area (Å²) in [7, 11) is 0. The van der Waals surface area contributed by atoms with Crippen LogP contribution >= 0.6 is 46.4 Å². The highest BCUT2D eigenvalue weighted by Crippen LogP contribution is 2.49. The van der Waals surface area contributed by atoms with E-state index < -0.39 is 52.4 Å². The minimum Gasteiger partial charge on any atom is -1.00 e. The van der Waals surface area contributed by atoms with Crippen LogP contribution in [0.4, 0.5) is 43.9 Å². The first-order chi connectivity index (χ1) is 52.9. The van der Waals surface area contributed by atoms with Gasteiger partial charge in [0.05, 0.1) is 53.3 Å². The molecule has 610 valence electrons. The Kier molecular flexibility index (Phi) is 32.4. The average Bonchev–Trinajstić information content (AvgIpc) is 0.768. The maximum atomic E-state index is 12.9. The van der Waals surface area contributed by atoms with E-state index in [1.807, 2.05) is 65.6 Å². The Morgan fingerprint density at radius 3 is 1.11 bits per heavy atom.